The second kappa shape index (κ2) is 7.10. The van der Waals surface area contributed by atoms with Gasteiger partial charge >= 0.3 is 0 Å². The number of pyridine rings is 1. The molecule has 0 bridgehead atoms. The van der Waals surface area contributed by atoms with Crippen molar-refractivity contribution in [1.29, 1.82) is 0 Å². The minimum atomic E-state index is -0.221. The molecule has 2 aromatic rings. The highest BCUT2D eigenvalue weighted by Crippen LogP contribution is 2.16. The van der Waals surface area contributed by atoms with Crippen LogP contribution >= 0.6 is 12.4 Å². The lowest BCUT2D eigenvalue weighted by molar-refractivity contribution is 0.102. The van der Waals surface area contributed by atoms with Crippen molar-refractivity contribution in [3.63, 3.8) is 0 Å². The third kappa shape index (κ3) is 3.74. The Morgan fingerprint density at radius 2 is 2.10 bits per heavy atom. The zero-order chi connectivity index (χ0) is 13.8. The molecular weight excluding hydrogens is 292 g/mol. The van der Waals surface area contributed by atoms with Gasteiger partial charge in [-0.1, -0.05) is 0 Å². The summed E-state index contributed by atoms with van der Waals surface area (Å²) in [5.74, 6) is 0.316. The largest absolute Gasteiger partial charge is 0.472 e. The molecule has 112 valence electrons. The second-order valence-electron chi connectivity index (χ2n) is 4.60. The number of hydrogen-bond donors (Lipinski definition) is 2. The van der Waals surface area contributed by atoms with Gasteiger partial charge in [0.15, 0.2) is 0 Å². The van der Waals surface area contributed by atoms with Crippen LogP contribution in [0.4, 0.5) is 11.5 Å². The highest BCUT2D eigenvalue weighted by molar-refractivity contribution is 6.03. The molecule has 3 heterocycles. The van der Waals surface area contributed by atoms with E-state index in [1.807, 2.05) is 12.1 Å². The standard InChI is InChI=1S/C14H16N4O2.ClH/c19-14(11-3-8-20-10-11)17-13-2-1-12(9-16-13)18-6-4-15-5-7-18;/h1-3,8-10,15H,4-7H2,(H,16,17,19);1H. The molecule has 0 aliphatic carbocycles. The van der Waals surface area contributed by atoms with E-state index in [0.29, 0.717) is 11.4 Å². The number of piperazine rings is 1. The van der Waals surface area contributed by atoms with Gasteiger partial charge in [0.2, 0.25) is 0 Å². The summed E-state index contributed by atoms with van der Waals surface area (Å²) in [6.45, 7) is 3.92. The maximum Gasteiger partial charge on any atom is 0.260 e. The molecular formula is C14H17ClN4O2. The van der Waals surface area contributed by atoms with Crippen LogP contribution in [0.3, 0.4) is 0 Å². The van der Waals surface area contributed by atoms with Gasteiger partial charge in [-0.2, -0.15) is 0 Å². The first kappa shape index (κ1) is 15.3. The molecule has 1 fully saturated rings. The zero-order valence-electron chi connectivity index (χ0n) is 11.4. The fourth-order valence-corrected chi connectivity index (χ4v) is 2.15. The Kier molecular flexibility index (Phi) is 5.19. The molecule has 0 spiro atoms. The molecule has 1 saturated heterocycles. The minimum absolute atomic E-state index is 0. The Hall–Kier alpha value is -2.05. The molecule has 0 unspecified atom stereocenters. The molecule has 2 aromatic heterocycles. The Morgan fingerprint density at radius 1 is 1.29 bits per heavy atom. The van der Waals surface area contributed by atoms with E-state index in [0.717, 1.165) is 31.9 Å². The highest BCUT2D eigenvalue weighted by atomic mass is 35.5. The van der Waals surface area contributed by atoms with Gasteiger partial charge in [0, 0.05) is 26.2 Å². The molecule has 21 heavy (non-hydrogen) atoms. The van der Waals surface area contributed by atoms with Gasteiger partial charge in [-0.05, 0) is 18.2 Å². The highest BCUT2D eigenvalue weighted by Gasteiger charge is 2.11. The fourth-order valence-electron chi connectivity index (χ4n) is 2.15. The van der Waals surface area contributed by atoms with Crippen LogP contribution in [0.2, 0.25) is 0 Å². The van der Waals surface area contributed by atoms with E-state index in [9.17, 15) is 4.79 Å². The van der Waals surface area contributed by atoms with Crippen LogP contribution in [-0.2, 0) is 0 Å². The first-order chi connectivity index (χ1) is 9.83. The summed E-state index contributed by atoms with van der Waals surface area (Å²) in [7, 11) is 0. The maximum atomic E-state index is 11.8. The topological polar surface area (TPSA) is 70.4 Å². The van der Waals surface area contributed by atoms with Crippen molar-refractivity contribution >= 4 is 29.8 Å². The summed E-state index contributed by atoms with van der Waals surface area (Å²) < 4.78 is 4.88. The first-order valence-electron chi connectivity index (χ1n) is 6.58. The van der Waals surface area contributed by atoms with Crippen LogP contribution in [0.15, 0.2) is 41.3 Å². The van der Waals surface area contributed by atoms with E-state index in [2.05, 4.69) is 20.5 Å². The Bertz CT molecular complexity index is 565. The summed E-state index contributed by atoms with van der Waals surface area (Å²) in [6.07, 6.45) is 4.66. The maximum absolute atomic E-state index is 11.8. The van der Waals surface area contributed by atoms with Gasteiger partial charge in [-0.15, -0.1) is 12.4 Å². The number of furan rings is 1. The monoisotopic (exact) mass is 308 g/mol. The van der Waals surface area contributed by atoms with Crippen LogP contribution < -0.4 is 15.5 Å². The molecule has 2 N–H and O–H groups in total. The lowest BCUT2D eigenvalue weighted by atomic mass is 10.3. The van der Waals surface area contributed by atoms with E-state index >= 15 is 0 Å². The predicted molar refractivity (Wildman–Crippen MR) is 83.2 cm³/mol. The van der Waals surface area contributed by atoms with Crippen LogP contribution in [0.1, 0.15) is 10.4 Å². The molecule has 7 heteroatoms. The number of aromatic nitrogens is 1. The minimum Gasteiger partial charge on any atom is -0.472 e. The van der Waals surface area contributed by atoms with Crippen molar-refractivity contribution in [2.45, 2.75) is 0 Å². The average molecular weight is 309 g/mol. The molecule has 0 atom stereocenters. The number of halogens is 1. The number of nitrogens with zero attached hydrogens (tertiary/aromatic N) is 2. The molecule has 1 aliphatic rings. The predicted octanol–water partition coefficient (Wildman–Crippen LogP) is 1.76. The quantitative estimate of drug-likeness (QED) is 0.904. The normalized spacial score (nSPS) is 14.4. The molecule has 1 amide bonds. The Labute approximate surface area is 128 Å². The number of amides is 1. The Balaban J connectivity index is 0.00000161. The van der Waals surface area contributed by atoms with Gasteiger partial charge < -0.3 is 20.0 Å². The first-order valence-corrected chi connectivity index (χ1v) is 6.58. The zero-order valence-corrected chi connectivity index (χ0v) is 12.2. The molecule has 6 nitrogen and oxygen atoms in total. The van der Waals surface area contributed by atoms with E-state index in [1.165, 1.54) is 12.5 Å². The van der Waals surface area contributed by atoms with Crippen molar-refractivity contribution in [1.82, 2.24) is 10.3 Å². The van der Waals surface area contributed by atoms with Crippen molar-refractivity contribution < 1.29 is 9.21 Å². The Morgan fingerprint density at radius 3 is 2.71 bits per heavy atom. The summed E-state index contributed by atoms with van der Waals surface area (Å²) in [5, 5.41) is 6.04. The number of carbonyl (C=O) groups is 1. The van der Waals surface area contributed by atoms with E-state index in [4.69, 9.17) is 4.42 Å². The van der Waals surface area contributed by atoms with E-state index < -0.39 is 0 Å². The van der Waals surface area contributed by atoms with Gasteiger partial charge in [0.05, 0.1) is 23.7 Å². The summed E-state index contributed by atoms with van der Waals surface area (Å²) in [5.41, 5.74) is 1.56. The van der Waals surface area contributed by atoms with Crippen molar-refractivity contribution in [2.24, 2.45) is 0 Å². The molecule has 0 radical (unpaired) electrons. The van der Waals surface area contributed by atoms with Gasteiger partial charge in [-0.25, -0.2) is 4.98 Å². The molecule has 0 saturated carbocycles. The van der Waals surface area contributed by atoms with Gasteiger partial charge in [0.25, 0.3) is 5.91 Å². The van der Waals surface area contributed by atoms with Crippen molar-refractivity contribution in [2.75, 3.05) is 36.4 Å². The van der Waals surface area contributed by atoms with Gasteiger partial charge in [-0.3, -0.25) is 4.79 Å². The number of rotatable bonds is 3. The lowest BCUT2D eigenvalue weighted by Gasteiger charge is -2.29. The smallest absolute Gasteiger partial charge is 0.260 e. The van der Waals surface area contributed by atoms with Crippen molar-refractivity contribution in [3.8, 4) is 0 Å². The molecule has 3 rings (SSSR count). The number of carbonyl (C=O) groups excluding carboxylic acids is 1. The van der Waals surface area contributed by atoms with Crippen LogP contribution in [0.5, 0.6) is 0 Å². The van der Waals surface area contributed by atoms with Crippen LogP contribution in [0.25, 0.3) is 0 Å². The van der Waals surface area contributed by atoms with Crippen LogP contribution in [0, 0.1) is 0 Å². The molecule has 0 aromatic carbocycles. The lowest BCUT2D eigenvalue weighted by Crippen LogP contribution is -2.43. The summed E-state index contributed by atoms with van der Waals surface area (Å²) in [6, 6.07) is 5.41. The van der Waals surface area contributed by atoms with Crippen molar-refractivity contribution in [3.05, 3.63) is 42.5 Å². The molecule has 1 aliphatic heterocycles. The number of nitrogens with one attached hydrogen (secondary N) is 2. The van der Waals surface area contributed by atoms with Crippen LogP contribution in [-0.4, -0.2) is 37.1 Å². The summed E-state index contributed by atoms with van der Waals surface area (Å²) in [4.78, 5) is 18.4. The number of hydrogen-bond acceptors (Lipinski definition) is 5. The van der Waals surface area contributed by atoms with Gasteiger partial charge in [0.1, 0.15) is 12.1 Å². The third-order valence-electron chi connectivity index (χ3n) is 3.25. The number of anilines is 2. The van der Waals surface area contributed by atoms with E-state index in [-0.39, 0.29) is 18.3 Å². The summed E-state index contributed by atoms with van der Waals surface area (Å²) >= 11 is 0. The average Bonchev–Trinajstić information content (AvgIpc) is 3.03. The second-order valence-corrected chi connectivity index (χ2v) is 4.60. The SMILES string of the molecule is Cl.O=C(Nc1ccc(N2CCNCC2)cn1)c1ccoc1. The fraction of sp³-hybridized carbons (Fsp3) is 0.286. The third-order valence-corrected chi connectivity index (χ3v) is 3.25. The van der Waals surface area contributed by atoms with E-state index in [1.54, 1.807) is 12.3 Å².